The Kier molecular flexibility index (Phi) is 5.67. The lowest BCUT2D eigenvalue weighted by Gasteiger charge is -2.25. The fourth-order valence-corrected chi connectivity index (χ4v) is 5.13. The van der Waals surface area contributed by atoms with E-state index in [1.807, 2.05) is 11.8 Å². The summed E-state index contributed by atoms with van der Waals surface area (Å²) in [6, 6.07) is 3.38. The van der Waals surface area contributed by atoms with Crippen molar-refractivity contribution in [3.8, 4) is 0 Å². The standard InChI is InChI=1S/C11H19N3O2S3/c12-9-10-1-2-11(18-10)19(15,16)13-3-4-14-5-7-17-8-6-14/h1-2,13H,3-9,12H2. The number of hydrogen-bond donors (Lipinski definition) is 2. The van der Waals surface area contributed by atoms with Crippen molar-refractivity contribution in [1.82, 2.24) is 9.62 Å². The summed E-state index contributed by atoms with van der Waals surface area (Å²) in [6.45, 7) is 3.70. The summed E-state index contributed by atoms with van der Waals surface area (Å²) < 4.78 is 27.1. The molecule has 1 aromatic heterocycles. The van der Waals surface area contributed by atoms with Crippen molar-refractivity contribution >= 4 is 33.1 Å². The van der Waals surface area contributed by atoms with E-state index >= 15 is 0 Å². The van der Waals surface area contributed by atoms with Gasteiger partial charge in [0.15, 0.2) is 0 Å². The predicted octanol–water partition coefficient (Wildman–Crippen LogP) is 0.534. The third kappa shape index (κ3) is 4.44. The molecule has 0 spiro atoms. The first-order valence-corrected chi connectivity index (χ1v) is 9.66. The van der Waals surface area contributed by atoms with Gasteiger partial charge in [-0.3, -0.25) is 0 Å². The van der Waals surface area contributed by atoms with Gasteiger partial charge < -0.3 is 10.6 Å². The second-order valence-corrected chi connectivity index (χ2v) is 8.66. The molecular formula is C11H19N3O2S3. The predicted molar refractivity (Wildman–Crippen MR) is 81.2 cm³/mol. The zero-order valence-electron chi connectivity index (χ0n) is 10.7. The Balaban J connectivity index is 1.83. The van der Waals surface area contributed by atoms with Gasteiger partial charge >= 0.3 is 0 Å². The van der Waals surface area contributed by atoms with Crippen LogP contribution in [-0.4, -0.2) is 51.0 Å². The number of nitrogens with one attached hydrogen (secondary N) is 1. The molecule has 0 unspecified atom stereocenters. The normalized spacial score (nSPS) is 17.7. The molecule has 108 valence electrons. The van der Waals surface area contributed by atoms with E-state index in [-0.39, 0.29) is 0 Å². The minimum atomic E-state index is -3.37. The van der Waals surface area contributed by atoms with Crippen LogP contribution < -0.4 is 10.5 Å². The second-order valence-electron chi connectivity index (χ2n) is 4.28. The van der Waals surface area contributed by atoms with E-state index in [1.54, 1.807) is 12.1 Å². The fourth-order valence-electron chi connectivity index (χ4n) is 1.85. The van der Waals surface area contributed by atoms with Crippen LogP contribution in [0.4, 0.5) is 0 Å². The van der Waals surface area contributed by atoms with Crippen LogP contribution in [0.1, 0.15) is 4.88 Å². The van der Waals surface area contributed by atoms with Gasteiger partial charge in [-0.15, -0.1) is 11.3 Å². The number of nitrogens with two attached hydrogens (primary N) is 1. The Morgan fingerprint density at radius 2 is 2.05 bits per heavy atom. The topological polar surface area (TPSA) is 75.4 Å². The quantitative estimate of drug-likeness (QED) is 0.799. The van der Waals surface area contributed by atoms with Gasteiger partial charge in [-0.25, -0.2) is 13.1 Å². The minimum absolute atomic E-state index is 0.349. The molecule has 19 heavy (non-hydrogen) atoms. The Morgan fingerprint density at radius 1 is 1.32 bits per heavy atom. The van der Waals surface area contributed by atoms with Crippen molar-refractivity contribution in [2.75, 3.05) is 37.7 Å². The van der Waals surface area contributed by atoms with Crippen LogP contribution in [0.15, 0.2) is 16.3 Å². The van der Waals surface area contributed by atoms with Gasteiger partial charge in [0.05, 0.1) is 0 Å². The highest BCUT2D eigenvalue weighted by atomic mass is 32.2. The maximum Gasteiger partial charge on any atom is 0.250 e. The van der Waals surface area contributed by atoms with Crippen LogP contribution in [0.2, 0.25) is 0 Å². The molecule has 0 radical (unpaired) electrons. The zero-order valence-corrected chi connectivity index (χ0v) is 13.1. The van der Waals surface area contributed by atoms with Gasteiger partial charge in [0.1, 0.15) is 4.21 Å². The van der Waals surface area contributed by atoms with E-state index in [9.17, 15) is 8.42 Å². The Labute approximate surface area is 122 Å². The first-order valence-electron chi connectivity index (χ1n) is 6.20. The lowest BCUT2D eigenvalue weighted by Crippen LogP contribution is -2.39. The van der Waals surface area contributed by atoms with E-state index in [0.717, 1.165) is 36.0 Å². The molecule has 1 saturated heterocycles. The molecule has 0 bridgehead atoms. The molecular weight excluding hydrogens is 302 g/mol. The molecule has 0 amide bonds. The molecule has 1 aromatic rings. The highest BCUT2D eigenvalue weighted by Crippen LogP contribution is 2.20. The van der Waals surface area contributed by atoms with E-state index in [2.05, 4.69) is 9.62 Å². The molecule has 1 fully saturated rings. The molecule has 0 saturated carbocycles. The summed E-state index contributed by atoms with van der Waals surface area (Å²) in [7, 11) is -3.37. The average molecular weight is 321 g/mol. The first-order chi connectivity index (χ1) is 9.12. The zero-order chi connectivity index (χ0) is 13.7. The lowest BCUT2D eigenvalue weighted by atomic mass is 10.5. The average Bonchev–Trinajstić information content (AvgIpc) is 2.89. The van der Waals surface area contributed by atoms with Gasteiger partial charge in [-0.2, -0.15) is 11.8 Å². The first kappa shape index (κ1) is 15.3. The number of sulfonamides is 1. The van der Waals surface area contributed by atoms with Crippen LogP contribution >= 0.6 is 23.1 Å². The SMILES string of the molecule is NCc1ccc(S(=O)(=O)NCCN2CCSCC2)s1. The fraction of sp³-hybridized carbons (Fsp3) is 0.636. The third-order valence-electron chi connectivity index (χ3n) is 2.93. The summed E-state index contributed by atoms with van der Waals surface area (Å²) in [6.07, 6.45) is 0. The Hall–Kier alpha value is -0.120. The van der Waals surface area contributed by atoms with Crippen LogP contribution in [0.3, 0.4) is 0 Å². The van der Waals surface area contributed by atoms with E-state index in [4.69, 9.17) is 5.73 Å². The van der Waals surface area contributed by atoms with Gasteiger partial charge in [-0.1, -0.05) is 0 Å². The Morgan fingerprint density at radius 3 is 2.68 bits per heavy atom. The van der Waals surface area contributed by atoms with Crippen LogP contribution in [0.5, 0.6) is 0 Å². The molecule has 3 N–H and O–H groups in total. The van der Waals surface area contributed by atoms with Crippen LogP contribution in [-0.2, 0) is 16.6 Å². The molecule has 5 nitrogen and oxygen atoms in total. The molecule has 0 aliphatic carbocycles. The Bertz CT molecular complexity index is 495. The maximum atomic E-state index is 12.0. The monoisotopic (exact) mass is 321 g/mol. The summed E-state index contributed by atoms with van der Waals surface area (Å²) in [5.74, 6) is 2.27. The number of nitrogens with zero attached hydrogens (tertiary/aromatic N) is 1. The molecule has 0 atom stereocenters. The van der Waals surface area contributed by atoms with Gasteiger partial charge in [0.25, 0.3) is 0 Å². The minimum Gasteiger partial charge on any atom is -0.326 e. The second kappa shape index (κ2) is 7.05. The van der Waals surface area contributed by atoms with E-state index < -0.39 is 10.0 Å². The van der Waals surface area contributed by atoms with Gasteiger partial charge in [-0.05, 0) is 12.1 Å². The summed E-state index contributed by atoms with van der Waals surface area (Å²) in [4.78, 5) is 3.17. The highest BCUT2D eigenvalue weighted by Gasteiger charge is 2.17. The number of thiophene rings is 1. The number of thioether (sulfide) groups is 1. The van der Waals surface area contributed by atoms with E-state index in [1.165, 1.54) is 11.3 Å². The van der Waals surface area contributed by atoms with Crippen LogP contribution in [0, 0.1) is 0 Å². The largest absolute Gasteiger partial charge is 0.326 e. The van der Waals surface area contributed by atoms with Crippen LogP contribution in [0.25, 0.3) is 0 Å². The summed E-state index contributed by atoms with van der Waals surface area (Å²) in [5.41, 5.74) is 5.49. The number of hydrogen-bond acceptors (Lipinski definition) is 6. The third-order valence-corrected chi connectivity index (χ3v) is 6.93. The van der Waals surface area contributed by atoms with Crippen molar-refractivity contribution < 1.29 is 8.42 Å². The molecule has 8 heteroatoms. The van der Waals surface area contributed by atoms with Crippen molar-refractivity contribution in [1.29, 1.82) is 0 Å². The van der Waals surface area contributed by atoms with Crippen molar-refractivity contribution in [2.24, 2.45) is 5.73 Å². The van der Waals surface area contributed by atoms with Crippen molar-refractivity contribution in [3.05, 3.63) is 17.0 Å². The molecule has 0 aromatic carbocycles. The maximum absolute atomic E-state index is 12.0. The lowest BCUT2D eigenvalue weighted by molar-refractivity contribution is 0.307. The van der Waals surface area contributed by atoms with E-state index in [0.29, 0.717) is 17.3 Å². The van der Waals surface area contributed by atoms with Crippen molar-refractivity contribution in [3.63, 3.8) is 0 Å². The molecule has 1 aliphatic heterocycles. The molecule has 1 aliphatic rings. The van der Waals surface area contributed by atoms with Crippen molar-refractivity contribution in [2.45, 2.75) is 10.8 Å². The van der Waals surface area contributed by atoms with Gasteiger partial charge in [0.2, 0.25) is 10.0 Å². The highest BCUT2D eigenvalue weighted by molar-refractivity contribution is 7.99. The summed E-state index contributed by atoms with van der Waals surface area (Å²) in [5, 5.41) is 0. The summed E-state index contributed by atoms with van der Waals surface area (Å²) >= 11 is 3.18. The number of rotatable bonds is 6. The molecule has 2 rings (SSSR count). The smallest absolute Gasteiger partial charge is 0.250 e. The van der Waals surface area contributed by atoms with Gasteiger partial charge in [0, 0.05) is 49.1 Å². The molecule has 2 heterocycles.